The molecular weight excluding hydrogens is 317 g/mol. The van der Waals surface area contributed by atoms with Crippen molar-refractivity contribution in [3.8, 4) is 0 Å². The fourth-order valence-electron chi connectivity index (χ4n) is 3.08. The molecule has 0 unspecified atom stereocenters. The number of nitrogens with one attached hydrogen (secondary N) is 1. The van der Waals surface area contributed by atoms with Gasteiger partial charge in [-0.3, -0.25) is 0 Å². The molecule has 128 valence electrons. The minimum atomic E-state index is -4.37. The van der Waals surface area contributed by atoms with Gasteiger partial charge in [0.05, 0.1) is 5.56 Å². The number of ether oxygens (including phenoxy) is 1. The van der Waals surface area contributed by atoms with Crippen LogP contribution in [0.3, 0.4) is 0 Å². The molecule has 1 aromatic carbocycles. The summed E-state index contributed by atoms with van der Waals surface area (Å²) in [5.41, 5.74) is 0.323. The van der Waals surface area contributed by atoms with E-state index in [4.69, 9.17) is 4.74 Å². The number of halogens is 3. The number of pyridine rings is 1. The van der Waals surface area contributed by atoms with Gasteiger partial charge in [0.2, 0.25) is 0 Å². The normalized spacial score (nSPS) is 17.5. The maximum absolute atomic E-state index is 12.8. The molecule has 1 aromatic heterocycles. The Labute approximate surface area is 138 Å². The molecular formula is C18H19F3N2O. The molecule has 1 N–H and O–H groups in total. The Morgan fingerprint density at radius 2 is 1.79 bits per heavy atom. The standard InChI is InChI=1S/C18H19F3N2O/c19-18(20,21)15-6-9-22-16(12-15)23-13-17(7-10-24-11-8-17)14-4-2-1-3-5-14/h1-6,9,12H,7-8,10-11,13H2,(H,22,23). The van der Waals surface area contributed by atoms with Gasteiger partial charge in [-0.2, -0.15) is 13.2 Å². The molecule has 1 fully saturated rings. The topological polar surface area (TPSA) is 34.2 Å². The first-order valence-corrected chi connectivity index (χ1v) is 7.90. The minimum Gasteiger partial charge on any atom is -0.381 e. The van der Waals surface area contributed by atoms with Crippen molar-refractivity contribution in [2.75, 3.05) is 25.1 Å². The SMILES string of the molecule is FC(F)(F)c1ccnc(NCC2(c3ccccc3)CCOCC2)c1. The fraction of sp³-hybridized carbons (Fsp3) is 0.389. The van der Waals surface area contributed by atoms with Crippen LogP contribution >= 0.6 is 0 Å². The lowest BCUT2D eigenvalue weighted by Crippen LogP contribution is -2.40. The average Bonchev–Trinajstić information content (AvgIpc) is 2.61. The van der Waals surface area contributed by atoms with Crippen molar-refractivity contribution in [3.05, 3.63) is 59.8 Å². The third-order valence-electron chi connectivity index (χ3n) is 4.53. The van der Waals surface area contributed by atoms with E-state index in [0.29, 0.717) is 19.8 Å². The van der Waals surface area contributed by atoms with Crippen LogP contribution in [0.1, 0.15) is 24.0 Å². The van der Waals surface area contributed by atoms with E-state index < -0.39 is 11.7 Å². The van der Waals surface area contributed by atoms with Crippen LogP contribution in [0.2, 0.25) is 0 Å². The molecule has 0 amide bonds. The monoisotopic (exact) mass is 336 g/mol. The summed E-state index contributed by atoms with van der Waals surface area (Å²) in [5, 5.41) is 3.10. The number of hydrogen-bond donors (Lipinski definition) is 1. The third kappa shape index (κ3) is 3.70. The summed E-state index contributed by atoms with van der Waals surface area (Å²) in [6.07, 6.45) is -1.54. The third-order valence-corrected chi connectivity index (χ3v) is 4.53. The van der Waals surface area contributed by atoms with Gasteiger partial charge in [-0.1, -0.05) is 30.3 Å². The number of hydrogen-bond acceptors (Lipinski definition) is 3. The smallest absolute Gasteiger partial charge is 0.381 e. The van der Waals surface area contributed by atoms with Gasteiger partial charge in [-0.15, -0.1) is 0 Å². The number of benzene rings is 1. The van der Waals surface area contributed by atoms with E-state index >= 15 is 0 Å². The van der Waals surface area contributed by atoms with E-state index in [1.165, 1.54) is 11.8 Å². The first-order valence-electron chi connectivity index (χ1n) is 7.90. The van der Waals surface area contributed by atoms with E-state index in [9.17, 15) is 13.2 Å². The highest BCUT2D eigenvalue weighted by Crippen LogP contribution is 2.35. The second kappa shape index (κ2) is 6.81. The zero-order chi connectivity index (χ0) is 17.0. The maximum Gasteiger partial charge on any atom is 0.416 e. The molecule has 24 heavy (non-hydrogen) atoms. The van der Waals surface area contributed by atoms with Gasteiger partial charge >= 0.3 is 6.18 Å². The molecule has 3 rings (SSSR count). The van der Waals surface area contributed by atoms with Crippen LogP contribution in [0.5, 0.6) is 0 Å². The van der Waals surface area contributed by atoms with Crippen molar-refractivity contribution in [1.29, 1.82) is 0 Å². The van der Waals surface area contributed by atoms with Gasteiger partial charge in [-0.05, 0) is 30.5 Å². The van der Waals surface area contributed by atoms with E-state index in [2.05, 4.69) is 22.4 Å². The largest absolute Gasteiger partial charge is 0.416 e. The molecule has 0 atom stereocenters. The number of alkyl halides is 3. The lowest BCUT2D eigenvalue weighted by Gasteiger charge is -2.38. The predicted molar refractivity (Wildman–Crippen MR) is 85.9 cm³/mol. The summed E-state index contributed by atoms with van der Waals surface area (Å²) in [5.74, 6) is 0.242. The zero-order valence-corrected chi connectivity index (χ0v) is 13.1. The summed E-state index contributed by atoms with van der Waals surface area (Å²) in [6, 6.07) is 12.1. The van der Waals surface area contributed by atoms with Crippen LogP contribution < -0.4 is 5.32 Å². The Hall–Kier alpha value is -2.08. The first kappa shape index (κ1) is 16.8. The fourth-order valence-corrected chi connectivity index (χ4v) is 3.08. The van der Waals surface area contributed by atoms with Gasteiger partial charge < -0.3 is 10.1 Å². The first-order chi connectivity index (χ1) is 11.5. The van der Waals surface area contributed by atoms with Gasteiger partial charge in [0, 0.05) is 31.4 Å². The Morgan fingerprint density at radius 3 is 2.46 bits per heavy atom. The summed E-state index contributed by atoms with van der Waals surface area (Å²) in [7, 11) is 0. The summed E-state index contributed by atoms with van der Waals surface area (Å²) >= 11 is 0. The second-order valence-corrected chi connectivity index (χ2v) is 6.04. The Bertz CT molecular complexity index is 667. The highest BCUT2D eigenvalue weighted by atomic mass is 19.4. The molecule has 0 bridgehead atoms. The van der Waals surface area contributed by atoms with Crippen LogP contribution in [0.15, 0.2) is 48.7 Å². The van der Waals surface area contributed by atoms with Crippen LogP contribution in [0, 0.1) is 0 Å². The lowest BCUT2D eigenvalue weighted by atomic mass is 9.74. The number of rotatable bonds is 4. The quantitative estimate of drug-likeness (QED) is 0.906. The highest BCUT2D eigenvalue weighted by molar-refractivity contribution is 5.40. The molecule has 0 spiro atoms. The van der Waals surface area contributed by atoms with Gasteiger partial charge in [0.1, 0.15) is 5.82 Å². The van der Waals surface area contributed by atoms with Crippen molar-refractivity contribution in [2.45, 2.75) is 24.4 Å². The Kier molecular flexibility index (Phi) is 4.76. The van der Waals surface area contributed by atoms with Gasteiger partial charge in [0.15, 0.2) is 0 Å². The minimum absolute atomic E-state index is 0.157. The molecule has 1 saturated heterocycles. The summed E-state index contributed by atoms with van der Waals surface area (Å²) in [6.45, 7) is 1.81. The Balaban J connectivity index is 1.80. The van der Waals surface area contributed by atoms with Crippen LogP contribution in [-0.2, 0) is 16.3 Å². The average molecular weight is 336 g/mol. The van der Waals surface area contributed by atoms with Crippen molar-refractivity contribution in [1.82, 2.24) is 4.98 Å². The number of aromatic nitrogens is 1. The summed E-state index contributed by atoms with van der Waals surface area (Å²) in [4.78, 5) is 4.02. The van der Waals surface area contributed by atoms with Crippen molar-refractivity contribution in [2.24, 2.45) is 0 Å². The molecule has 2 aromatic rings. The molecule has 3 nitrogen and oxygen atoms in total. The lowest BCUT2D eigenvalue weighted by molar-refractivity contribution is -0.137. The zero-order valence-electron chi connectivity index (χ0n) is 13.1. The van der Waals surface area contributed by atoms with Crippen molar-refractivity contribution < 1.29 is 17.9 Å². The Morgan fingerprint density at radius 1 is 1.08 bits per heavy atom. The molecule has 0 aliphatic carbocycles. The predicted octanol–water partition coefficient (Wildman–Crippen LogP) is 4.26. The number of anilines is 1. The van der Waals surface area contributed by atoms with E-state index in [1.807, 2.05) is 18.2 Å². The molecule has 1 aliphatic heterocycles. The van der Waals surface area contributed by atoms with Gasteiger partial charge in [0.25, 0.3) is 0 Å². The highest BCUT2D eigenvalue weighted by Gasteiger charge is 2.35. The van der Waals surface area contributed by atoms with Crippen molar-refractivity contribution in [3.63, 3.8) is 0 Å². The molecule has 2 heterocycles. The molecule has 1 aliphatic rings. The number of nitrogens with zero attached hydrogens (tertiary/aromatic N) is 1. The molecule has 6 heteroatoms. The van der Waals surface area contributed by atoms with Crippen LogP contribution in [0.25, 0.3) is 0 Å². The van der Waals surface area contributed by atoms with E-state index in [0.717, 1.165) is 25.0 Å². The molecule has 0 radical (unpaired) electrons. The van der Waals surface area contributed by atoms with E-state index in [-0.39, 0.29) is 11.2 Å². The van der Waals surface area contributed by atoms with Crippen molar-refractivity contribution >= 4 is 5.82 Å². The van der Waals surface area contributed by atoms with Crippen LogP contribution in [-0.4, -0.2) is 24.7 Å². The van der Waals surface area contributed by atoms with Gasteiger partial charge in [-0.25, -0.2) is 4.98 Å². The molecule has 0 saturated carbocycles. The summed E-state index contributed by atoms with van der Waals surface area (Å²) < 4.78 is 44.0. The van der Waals surface area contributed by atoms with E-state index in [1.54, 1.807) is 0 Å². The second-order valence-electron chi connectivity index (χ2n) is 6.04. The van der Waals surface area contributed by atoms with Crippen LogP contribution in [0.4, 0.5) is 19.0 Å². The maximum atomic E-state index is 12.8.